The van der Waals surface area contributed by atoms with Crippen molar-refractivity contribution in [2.45, 2.75) is 17.7 Å². The van der Waals surface area contributed by atoms with E-state index in [9.17, 15) is 4.79 Å². The van der Waals surface area contributed by atoms with Gasteiger partial charge in [0.2, 0.25) is 5.91 Å². The summed E-state index contributed by atoms with van der Waals surface area (Å²) in [4.78, 5) is 13.8. The second kappa shape index (κ2) is 5.63. The van der Waals surface area contributed by atoms with E-state index in [4.69, 9.17) is 39.5 Å². The molecule has 0 saturated heterocycles. The molecule has 20 heavy (non-hydrogen) atoms. The van der Waals surface area contributed by atoms with Gasteiger partial charge in [0.05, 0.1) is 12.0 Å². The summed E-state index contributed by atoms with van der Waals surface area (Å²) in [6.45, 7) is 2.63. The molecule has 3 nitrogen and oxygen atoms in total. The molecule has 110 valence electrons. The standard InChI is InChI=1S/C14H16Cl3NO2/c1-13(9-14(13,16)17)12(19)18(2)6-7-20-11-5-3-4-10(15)8-11/h3-5,8H,6-7,9H2,1-2H3. The number of nitrogens with zero attached hydrogens (tertiary/aromatic N) is 1. The van der Waals surface area contributed by atoms with Gasteiger partial charge in [0, 0.05) is 12.1 Å². The van der Waals surface area contributed by atoms with Crippen LogP contribution in [0, 0.1) is 5.41 Å². The SMILES string of the molecule is CN(CCOc1cccc(Cl)c1)C(=O)C1(C)CC1(Cl)Cl. The Kier molecular flexibility index (Phi) is 4.43. The number of rotatable bonds is 5. The lowest BCUT2D eigenvalue weighted by Gasteiger charge is -2.22. The minimum Gasteiger partial charge on any atom is -0.492 e. The number of amides is 1. The Morgan fingerprint density at radius 1 is 1.45 bits per heavy atom. The highest BCUT2D eigenvalue weighted by Gasteiger charge is 2.68. The van der Waals surface area contributed by atoms with Crippen LogP contribution < -0.4 is 4.74 Å². The molecule has 0 heterocycles. The van der Waals surface area contributed by atoms with Crippen molar-refractivity contribution in [3.05, 3.63) is 29.3 Å². The molecule has 0 radical (unpaired) electrons. The van der Waals surface area contributed by atoms with E-state index in [2.05, 4.69) is 0 Å². The van der Waals surface area contributed by atoms with Gasteiger partial charge in [-0.3, -0.25) is 4.79 Å². The molecule has 1 aromatic carbocycles. The molecule has 0 bridgehead atoms. The van der Waals surface area contributed by atoms with Crippen LogP contribution in [-0.2, 0) is 4.79 Å². The van der Waals surface area contributed by atoms with Gasteiger partial charge in [0.25, 0.3) is 0 Å². The lowest BCUT2D eigenvalue weighted by Crippen LogP contribution is -2.37. The lowest BCUT2D eigenvalue weighted by molar-refractivity contribution is -0.135. The lowest BCUT2D eigenvalue weighted by atomic mass is 10.1. The predicted octanol–water partition coefficient (Wildman–Crippen LogP) is 3.76. The zero-order chi connectivity index (χ0) is 15.0. The summed E-state index contributed by atoms with van der Waals surface area (Å²) in [6, 6.07) is 7.14. The first kappa shape index (κ1) is 15.7. The van der Waals surface area contributed by atoms with E-state index in [0.717, 1.165) is 0 Å². The molecule has 0 aliphatic heterocycles. The molecule has 0 spiro atoms. The number of carbonyl (C=O) groups is 1. The highest BCUT2D eigenvalue weighted by molar-refractivity contribution is 6.53. The molecular formula is C14H16Cl3NO2. The zero-order valence-electron chi connectivity index (χ0n) is 11.3. The molecule has 0 N–H and O–H groups in total. The van der Waals surface area contributed by atoms with Crippen LogP contribution in [0.1, 0.15) is 13.3 Å². The minimum absolute atomic E-state index is 0.0582. The van der Waals surface area contributed by atoms with Gasteiger partial charge in [0.1, 0.15) is 16.7 Å². The van der Waals surface area contributed by atoms with Crippen LogP contribution in [0.3, 0.4) is 0 Å². The highest BCUT2D eigenvalue weighted by Crippen LogP contribution is 2.64. The number of benzene rings is 1. The topological polar surface area (TPSA) is 29.5 Å². The van der Waals surface area contributed by atoms with E-state index in [-0.39, 0.29) is 5.91 Å². The average Bonchev–Trinajstić information content (AvgIpc) is 2.89. The molecule has 0 aromatic heterocycles. The van der Waals surface area contributed by atoms with Gasteiger partial charge in [-0.05, 0) is 31.5 Å². The summed E-state index contributed by atoms with van der Waals surface area (Å²) in [5, 5.41) is 0.617. The number of carbonyl (C=O) groups excluding carboxylic acids is 1. The van der Waals surface area contributed by atoms with Crippen molar-refractivity contribution in [3.8, 4) is 5.75 Å². The summed E-state index contributed by atoms with van der Waals surface area (Å²) in [5.74, 6) is 0.622. The normalized spacial score (nSPS) is 23.2. The van der Waals surface area contributed by atoms with Gasteiger partial charge in [-0.25, -0.2) is 0 Å². The average molecular weight is 337 g/mol. The quantitative estimate of drug-likeness (QED) is 0.766. The number of hydrogen-bond acceptors (Lipinski definition) is 2. The Balaban J connectivity index is 1.81. The highest BCUT2D eigenvalue weighted by atomic mass is 35.5. The Hall–Kier alpha value is -0.640. The predicted molar refractivity (Wildman–Crippen MR) is 81.7 cm³/mol. The summed E-state index contributed by atoms with van der Waals surface area (Å²) < 4.78 is 4.61. The molecular weight excluding hydrogens is 321 g/mol. The second-order valence-electron chi connectivity index (χ2n) is 5.25. The van der Waals surface area contributed by atoms with Crippen molar-refractivity contribution < 1.29 is 9.53 Å². The van der Waals surface area contributed by atoms with Crippen LogP contribution in [0.2, 0.25) is 5.02 Å². The Morgan fingerprint density at radius 2 is 2.10 bits per heavy atom. The molecule has 2 rings (SSSR count). The van der Waals surface area contributed by atoms with E-state index in [1.165, 1.54) is 0 Å². The maximum atomic E-state index is 12.2. The number of halogens is 3. The number of alkyl halides is 2. The van der Waals surface area contributed by atoms with Gasteiger partial charge < -0.3 is 9.64 Å². The van der Waals surface area contributed by atoms with Gasteiger partial charge in [-0.15, -0.1) is 23.2 Å². The zero-order valence-corrected chi connectivity index (χ0v) is 13.6. The third kappa shape index (κ3) is 3.16. The maximum absolute atomic E-state index is 12.2. The second-order valence-corrected chi connectivity index (χ2v) is 7.17. The third-order valence-electron chi connectivity index (χ3n) is 3.57. The first-order chi connectivity index (χ1) is 9.26. The van der Waals surface area contributed by atoms with E-state index in [1.807, 2.05) is 12.1 Å². The summed E-state index contributed by atoms with van der Waals surface area (Å²) in [5.41, 5.74) is -0.680. The Labute approximate surface area is 133 Å². The first-order valence-corrected chi connectivity index (χ1v) is 7.41. The Morgan fingerprint density at radius 3 is 2.65 bits per heavy atom. The van der Waals surface area contributed by atoms with E-state index >= 15 is 0 Å². The number of likely N-dealkylation sites (N-methyl/N-ethyl adjacent to an activating group) is 1. The van der Waals surface area contributed by atoms with E-state index in [0.29, 0.717) is 30.3 Å². The molecule has 1 fully saturated rings. The smallest absolute Gasteiger partial charge is 0.231 e. The third-order valence-corrected chi connectivity index (χ3v) is 4.90. The molecule has 1 unspecified atom stereocenters. The van der Waals surface area contributed by atoms with Crippen LogP contribution >= 0.6 is 34.8 Å². The largest absolute Gasteiger partial charge is 0.492 e. The van der Waals surface area contributed by atoms with Crippen LogP contribution in [0.5, 0.6) is 5.75 Å². The van der Waals surface area contributed by atoms with Crippen molar-refractivity contribution >= 4 is 40.7 Å². The van der Waals surface area contributed by atoms with Gasteiger partial charge in [-0.1, -0.05) is 17.7 Å². The van der Waals surface area contributed by atoms with Crippen LogP contribution in [0.15, 0.2) is 24.3 Å². The molecule has 1 aliphatic rings. The van der Waals surface area contributed by atoms with Crippen molar-refractivity contribution in [1.29, 1.82) is 0 Å². The van der Waals surface area contributed by atoms with Crippen molar-refractivity contribution in [2.75, 3.05) is 20.2 Å². The van der Waals surface area contributed by atoms with Crippen LogP contribution in [0.4, 0.5) is 0 Å². The van der Waals surface area contributed by atoms with Crippen LogP contribution in [-0.4, -0.2) is 35.3 Å². The monoisotopic (exact) mass is 335 g/mol. The molecule has 6 heteroatoms. The minimum atomic E-state index is -0.938. The first-order valence-electron chi connectivity index (χ1n) is 6.28. The van der Waals surface area contributed by atoms with Gasteiger partial charge >= 0.3 is 0 Å². The molecule has 1 amide bonds. The molecule has 1 saturated carbocycles. The fourth-order valence-electron chi connectivity index (χ4n) is 2.01. The Bertz CT molecular complexity index is 521. The molecule has 1 aromatic rings. The van der Waals surface area contributed by atoms with E-state index in [1.54, 1.807) is 31.0 Å². The van der Waals surface area contributed by atoms with E-state index < -0.39 is 9.75 Å². The fourth-order valence-corrected chi connectivity index (χ4v) is 2.89. The summed E-state index contributed by atoms with van der Waals surface area (Å²) in [7, 11) is 1.72. The van der Waals surface area contributed by atoms with Gasteiger partial charge in [0.15, 0.2) is 0 Å². The fraction of sp³-hybridized carbons (Fsp3) is 0.500. The van der Waals surface area contributed by atoms with Gasteiger partial charge in [-0.2, -0.15) is 0 Å². The van der Waals surface area contributed by atoms with Crippen molar-refractivity contribution in [2.24, 2.45) is 5.41 Å². The van der Waals surface area contributed by atoms with Crippen molar-refractivity contribution in [1.82, 2.24) is 4.90 Å². The molecule has 1 atom stereocenters. The molecule has 1 aliphatic carbocycles. The maximum Gasteiger partial charge on any atom is 0.231 e. The number of hydrogen-bond donors (Lipinski definition) is 0. The summed E-state index contributed by atoms with van der Waals surface area (Å²) in [6.07, 6.45) is 0.488. The van der Waals surface area contributed by atoms with Crippen molar-refractivity contribution in [3.63, 3.8) is 0 Å². The van der Waals surface area contributed by atoms with Crippen LogP contribution in [0.25, 0.3) is 0 Å². The summed E-state index contributed by atoms with van der Waals surface area (Å²) >= 11 is 17.9. The number of ether oxygens (including phenoxy) is 1.